The first-order valence-corrected chi connectivity index (χ1v) is 9.92. The SMILES string of the molecule is c1ccc2c(c1)ccc1c2c2c3ccccc3ccc2n2c3ccccc3nc12. The zero-order valence-corrected chi connectivity index (χ0v) is 15.6. The monoisotopic (exact) mass is 368 g/mol. The highest BCUT2D eigenvalue weighted by atomic mass is 15.0. The smallest absolute Gasteiger partial charge is 0.146 e. The number of hydrogen-bond acceptors (Lipinski definition) is 1. The van der Waals surface area contributed by atoms with E-state index in [-0.39, 0.29) is 0 Å². The molecule has 2 heteroatoms. The molecule has 0 unspecified atom stereocenters. The van der Waals surface area contributed by atoms with Crippen molar-refractivity contribution >= 4 is 59.9 Å². The van der Waals surface area contributed by atoms with Gasteiger partial charge in [0.1, 0.15) is 5.65 Å². The lowest BCUT2D eigenvalue weighted by Crippen LogP contribution is -1.93. The van der Waals surface area contributed by atoms with E-state index in [1.165, 1.54) is 43.2 Å². The number of benzene rings is 5. The van der Waals surface area contributed by atoms with Crippen molar-refractivity contribution in [1.29, 1.82) is 0 Å². The molecule has 0 atom stereocenters. The molecule has 134 valence electrons. The van der Waals surface area contributed by atoms with Gasteiger partial charge in [0.15, 0.2) is 0 Å². The van der Waals surface area contributed by atoms with E-state index in [1.807, 2.05) is 0 Å². The summed E-state index contributed by atoms with van der Waals surface area (Å²) in [5.74, 6) is 0. The van der Waals surface area contributed by atoms with Crippen molar-refractivity contribution in [1.82, 2.24) is 9.38 Å². The molecule has 0 aliphatic heterocycles. The van der Waals surface area contributed by atoms with Gasteiger partial charge in [-0.25, -0.2) is 4.98 Å². The van der Waals surface area contributed by atoms with Crippen LogP contribution < -0.4 is 0 Å². The van der Waals surface area contributed by atoms with E-state index < -0.39 is 0 Å². The van der Waals surface area contributed by atoms with Gasteiger partial charge in [-0.15, -0.1) is 0 Å². The quantitative estimate of drug-likeness (QED) is 0.261. The summed E-state index contributed by atoms with van der Waals surface area (Å²) < 4.78 is 2.33. The first-order chi connectivity index (χ1) is 14.4. The van der Waals surface area contributed by atoms with Crippen LogP contribution in [0.2, 0.25) is 0 Å². The number of nitrogens with zero attached hydrogens (tertiary/aromatic N) is 2. The lowest BCUT2D eigenvalue weighted by molar-refractivity contribution is 1.32. The summed E-state index contributed by atoms with van der Waals surface area (Å²) in [6.45, 7) is 0. The molecular weight excluding hydrogens is 352 g/mol. The second-order valence-electron chi connectivity index (χ2n) is 7.65. The summed E-state index contributed by atoms with van der Waals surface area (Å²) in [5, 5.41) is 8.87. The van der Waals surface area contributed by atoms with Gasteiger partial charge in [0.05, 0.1) is 16.6 Å². The minimum absolute atomic E-state index is 1.02. The van der Waals surface area contributed by atoms with E-state index in [0.29, 0.717) is 0 Å². The Kier molecular flexibility index (Phi) is 2.77. The fraction of sp³-hybridized carbons (Fsp3) is 0. The highest BCUT2D eigenvalue weighted by Crippen LogP contribution is 2.39. The van der Waals surface area contributed by atoms with Crippen LogP contribution in [0.15, 0.2) is 97.1 Å². The Balaban J connectivity index is 1.95. The largest absolute Gasteiger partial charge is 0.292 e. The third kappa shape index (κ3) is 1.88. The molecule has 29 heavy (non-hydrogen) atoms. The second-order valence-corrected chi connectivity index (χ2v) is 7.65. The molecule has 0 amide bonds. The maximum atomic E-state index is 5.04. The zero-order chi connectivity index (χ0) is 18.9. The van der Waals surface area contributed by atoms with Gasteiger partial charge in [-0.2, -0.15) is 0 Å². The Morgan fingerprint density at radius 2 is 1.14 bits per heavy atom. The highest BCUT2D eigenvalue weighted by Gasteiger charge is 2.16. The van der Waals surface area contributed by atoms with Gasteiger partial charge < -0.3 is 0 Å². The Morgan fingerprint density at radius 1 is 0.483 bits per heavy atom. The number of para-hydroxylation sites is 2. The molecule has 0 saturated heterocycles. The standard InChI is InChI=1S/C27H16N2/c1-3-9-19-17(7-1)13-15-21-25(19)26-20-10-4-2-8-18(20)14-16-24(26)29-23-12-6-5-11-22(23)28-27(21)29/h1-16H. The van der Waals surface area contributed by atoms with Gasteiger partial charge in [0, 0.05) is 16.2 Å². The zero-order valence-electron chi connectivity index (χ0n) is 15.6. The first kappa shape index (κ1) is 15.1. The fourth-order valence-electron chi connectivity index (χ4n) is 4.89. The fourth-order valence-corrected chi connectivity index (χ4v) is 4.89. The Hall–Kier alpha value is -3.91. The molecule has 2 heterocycles. The number of rotatable bonds is 0. The summed E-state index contributed by atoms with van der Waals surface area (Å²) in [4.78, 5) is 5.04. The molecule has 7 rings (SSSR count). The predicted octanol–water partition coefficient (Wildman–Crippen LogP) is 7.10. The van der Waals surface area contributed by atoms with Crippen molar-refractivity contribution in [2.24, 2.45) is 0 Å². The average Bonchev–Trinajstić information content (AvgIpc) is 3.18. The van der Waals surface area contributed by atoms with Crippen molar-refractivity contribution < 1.29 is 0 Å². The highest BCUT2D eigenvalue weighted by molar-refractivity contribution is 6.29. The molecule has 0 saturated carbocycles. The lowest BCUT2D eigenvalue weighted by Gasteiger charge is -2.14. The van der Waals surface area contributed by atoms with Gasteiger partial charge >= 0.3 is 0 Å². The Labute approximate surface area is 166 Å². The molecule has 2 aromatic heterocycles. The first-order valence-electron chi connectivity index (χ1n) is 9.92. The van der Waals surface area contributed by atoms with Crippen molar-refractivity contribution in [2.75, 3.05) is 0 Å². The molecule has 0 N–H and O–H groups in total. The number of hydrogen-bond donors (Lipinski definition) is 0. The van der Waals surface area contributed by atoms with Crippen molar-refractivity contribution in [3.63, 3.8) is 0 Å². The van der Waals surface area contributed by atoms with Crippen molar-refractivity contribution in [3.05, 3.63) is 97.1 Å². The minimum Gasteiger partial charge on any atom is -0.292 e. The van der Waals surface area contributed by atoms with E-state index in [4.69, 9.17) is 4.98 Å². The van der Waals surface area contributed by atoms with Crippen LogP contribution >= 0.6 is 0 Å². The van der Waals surface area contributed by atoms with Crippen LogP contribution in [0.3, 0.4) is 0 Å². The molecular formula is C27H16N2. The van der Waals surface area contributed by atoms with Crippen LogP contribution in [0.5, 0.6) is 0 Å². The van der Waals surface area contributed by atoms with Gasteiger partial charge in [-0.05, 0) is 45.8 Å². The molecule has 0 fully saturated rings. The van der Waals surface area contributed by atoms with Crippen LogP contribution in [0.1, 0.15) is 0 Å². The molecule has 7 aromatic rings. The normalized spacial score (nSPS) is 12.1. The van der Waals surface area contributed by atoms with E-state index >= 15 is 0 Å². The topological polar surface area (TPSA) is 17.3 Å². The second kappa shape index (κ2) is 5.33. The molecule has 0 spiro atoms. The maximum absolute atomic E-state index is 5.04. The summed E-state index contributed by atoms with van der Waals surface area (Å²) in [6.07, 6.45) is 0. The number of fused-ring (bicyclic) bond motifs is 12. The number of aromatic nitrogens is 2. The van der Waals surface area contributed by atoms with Crippen LogP contribution in [0, 0.1) is 0 Å². The van der Waals surface area contributed by atoms with Gasteiger partial charge in [0.25, 0.3) is 0 Å². The molecule has 5 aromatic carbocycles. The Morgan fingerprint density at radius 3 is 1.97 bits per heavy atom. The van der Waals surface area contributed by atoms with Crippen LogP contribution in [-0.4, -0.2) is 9.38 Å². The van der Waals surface area contributed by atoms with Gasteiger partial charge in [0.2, 0.25) is 0 Å². The Bertz CT molecular complexity index is 1760. The van der Waals surface area contributed by atoms with E-state index in [1.54, 1.807) is 0 Å². The molecule has 0 bridgehead atoms. The third-order valence-corrected chi connectivity index (χ3v) is 6.13. The molecule has 0 aliphatic rings. The predicted molar refractivity (Wildman–Crippen MR) is 123 cm³/mol. The lowest BCUT2D eigenvalue weighted by atomic mass is 9.95. The van der Waals surface area contributed by atoms with Crippen LogP contribution in [0.4, 0.5) is 0 Å². The summed E-state index contributed by atoms with van der Waals surface area (Å²) in [7, 11) is 0. The summed E-state index contributed by atoms with van der Waals surface area (Å²) in [5.41, 5.74) is 4.41. The minimum atomic E-state index is 1.02. The maximum Gasteiger partial charge on any atom is 0.146 e. The van der Waals surface area contributed by atoms with E-state index in [2.05, 4.69) is 101 Å². The van der Waals surface area contributed by atoms with Gasteiger partial charge in [-0.3, -0.25) is 4.40 Å². The molecule has 0 radical (unpaired) electrons. The van der Waals surface area contributed by atoms with Crippen molar-refractivity contribution in [3.8, 4) is 0 Å². The third-order valence-electron chi connectivity index (χ3n) is 6.13. The van der Waals surface area contributed by atoms with Gasteiger partial charge in [-0.1, -0.05) is 72.8 Å². The van der Waals surface area contributed by atoms with E-state index in [0.717, 1.165) is 16.7 Å². The van der Waals surface area contributed by atoms with E-state index in [9.17, 15) is 0 Å². The number of pyridine rings is 1. The molecule has 2 nitrogen and oxygen atoms in total. The summed E-state index contributed by atoms with van der Waals surface area (Å²) in [6, 6.07) is 34.7. The number of imidazole rings is 1. The summed E-state index contributed by atoms with van der Waals surface area (Å²) >= 11 is 0. The average molecular weight is 368 g/mol. The molecule has 0 aliphatic carbocycles. The van der Waals surface area contributed by atoms with Crippen LogP contribution in [0.25, 0.3) is 59.9 Å². The van der Waals surface area contributed by atoms with Crippen LogP contribution in [-0.2, 0) is 0 Å². The van der Waals surface area contributed by atoms with Crippen molar-refractivity contribution in [2.45, 2.75) is 0 Å².